The minimum absolute atomic E-state index is 0.0236. The van der Waals surface area contributed by atoms with E-state index in [0.29, 0.717) is 25.7 Å². The molecule has 0 saturated heterocycles. The van der Waals surface area contributed by atoms with Gasteiger partial charge in [-0.1, -0.05) is 46.3 Å². The van der Waals surface area contributed by atoms with Crippen LogP contribution in [0.1, 0.15) is 100 Å². The Hall–Kier alpha value is -1.08. The summed E-state index contributed by atoms with van der Waals surface area (Å²) in [6, 6.07) is 0. The van der Waals surface area contributed by atoms with Gasteiger partial charge in [0.25, 0.3) is 0 Å². The molecule has 36 heavy (non-hydrogen) atoms. The van der Waals surface area contributed by atoms with Gasteiger partial charge in [-0.2, -0.15) is 0 Å². The van der Waals surface area contributed by atoms with Gasteiger partial charge in [0.05, 0.1) is 17.8 Å². The molecule has 4 unspecified atom stereocenters. The number of hydrogen-bond acceptors (Lipinski definition) is 6. The van der Waals surface area contributed by atoms with Crippen molar-refractivity contribution in [3.05, 3.63) is 11.6 Å². The summed E-state index contributed by atoms with van der Waals surface area (Å²) in [4.78, 5) is 27.5. The number of hydrogen-bond donors (Lipinski definition) is 4. The second-order valence-corrected chi connectivity index (χ2v) is 14.7. The van der Waals surface area contributed by atoms with Crippen molar-refractivity contribution < 1.29 is 30.0 Å². The maximum atomic E-state index is 14.2. The predicted octanol–water partition coefficient (Wildman–Crippen LogP) is 3.97. The first kappa shape index (κ1) is 27.9. The van der Waals surface area contributed by atoms with Crippen molar-refractivity contribution in [3.63, 3.8) is 0 Å². The number of allylic oxidation sites excluding steroid dienone is 1. The molecule has 4 N–H and O–H groups in total. The largest absolute Gasteiger partial charge is 0.390 e. The van der Waals surface area contributed by atoms with Crippen molar-refractivity contribution in [1.29, 1.82) is 0 Å². The highest BCUT2D eigenvalue weighted by molar-refractivity contribution is 5.90. The molecule has 4 aliphatic carbocycles. The van der Waals surface area contributed by atoms with E-state index in [2.05, 4.69) is 26.8 Å². The molecule has 0 heterocycles. The van der Waals surface area contributed by atoms with E-state index in [9.17, 15) is 30.0 Å². The lowest BCUT2D eigenvalue weighted by Gasteiger charge is -2.65. The molecule has 4 aliphatic rings. The lowest BCUT2D eigenvalue weighted by molar-refractivity contribution is -0.186. The van der Waals surface area contributed by atoms with Crippen LogP contribution in [-0.4, -0.2) is 55.4 Å². The Morgan fingerprint density at radius 3 is 2.25 bits per heavy atom. The van der Waals surface area contributed by atoms with Crippen LogP contribution in [0.4, 0.5) is 0 Å². The van der Waals surface area contributed by atoms with Crippen molar-refractivity contribution >= 4 is 11.6 Å². The van der Waals surface area contributed by atoms with E-state index in [1.54, 1.807) is 20.8 Å². The molecule has 0 aromatic carbocycles. The maximum Gasteiger partial charge on any atom is 0.164 e. The molecule has 0 amide bonds. The summed E-state index contributed by atoms with van der Waals surface area (Å²) < 4.78 is 0. The van der Waals surface area contributed by atoms with Gasteiger partial charge < -0.3 is 20.4 Å². The van der Waals surface area contributed by atoms with Gasteiger partial charge in [-0.05, 0) is 75.5 Å². The third-order valence-electron chi connectivity index (χ3n) is 11.9. The van der Waals surface area contributed by atoms with Gasteiger partial charge in [-0.25, -0.2) is 0 Å². The molecule has 3 fully saturated rings. The fraction of sp³-hybridized carbons (Fsp3) is 0.867. The molecular weight excluding hydrogens is 456 g/mol. The summed E-state index contributed by atoms with van der Waals surface area (Å²) >= 11 is 0. The van der Waals surface area contributed by atoms with E-state index >= 15 is 0 Å². The van der Waals surface area contributed by atoms with Crippen LogP contribution in [0, 0.1) is 39.4 Å². The van der Waals surface area contributed by atoms with E-state index < -0.39 is 39.7 Å². The number of fused-ring (bicyclic) bond motifs is 5. The van der Waals surface area contributed by atoms with Crippen LogP contribution in [-0.2, 0) is 9.59 Å². The zero-order valence-electron chi connectivity index (χ0n) is 23.5. The van der Waals surface area contributed by atoms with Gasteiger partial charge >= 0.3 is 0 Å². The Labute approximate surface area is 216 Å². The highest BCUT2D eigenvalue weighted by Gasteiger charge is 2.72. The fourth-order valence-corrected chi connectivity index (χ4v) is 9.25. The first-order valence-electron chi connectivity index (χ1n) is 13.8. The molecule has 0 spiro atoms. The number of carbonyl (C=O) groups is 2. The van der Waals surface area contributed by atoms with Crippen LogP contribution in [0.3, 0.4) is 0 Å². The molecule has 0 radical (unpaired) electrons. The number of carbonyl (C=O) groups excluding carboxylic acids is 2. The first-order chi connectivity index (χ1) is 16.2. The Bertz CT molecular complexity index is 972. The molecule has 4 rings (SSSR count). The Kier molecular flexibility index (Phi) is 6.37. The predicted molar refractivity (Wildman–Crippen MR) is 138 cm³/mol. The average molecular weight is 505 g/mol. The molecular formula is C30H48O6. The fourth-order valence-electron chi connectivity index (χ4n) is 9.25. The molecule has 6 nitrogen and oxygen atoms in total. The standard InChI is InChI=1S/C30H48O6/c1-25(2,35)13-12-22(32)30(8,36)21-11-14-27(5)20-10-9-17-18(15-19(31)24(34)26(17,3)4)29(20,7)23(33)16-28(21,27)6/h9,18-21,24,31,34-36H,10-16H2,1-8H3/t18-,19?,20-,21?,24?,27-,28+,29+,30?/m0/s1. The van der Waals surface area contributed by atoms with Crippen molar-refractivity contribution in [1.82, 2.24) is 0 Å². The molecule has 204 valence electrons. The van der Waals surface area contributed by atoms with Gasteiger partial charge in [0.15, 0.2) is 5.78 Å². The van der Waals surface area contributed by atoms with Gasteiger partial charge in [-0.3, -0.25) is 9.59 Å². The lowest BCUT2D eigenvalue weighted by atomic mass is 9.38. The second-order valence-electron chi connectivity index (χ2n) is 14.7. The van der Waals surface area contributed by atoms with Gasteiger partial charge in [0, 0.05) is 29.6 Å². The van der Waals surface area contributed by atoms with Crippen LogP contribution >= 0.6 is 0 Å². The second kappa shape index (κ2) is 8.21. The van der Waals surface area contributed by atoms with Crippen LogP contribution in [0.5, 0.6) is 0 Å². The molecule has 9 atom stereocenters. The van der Waals surface area contributed by atoms with E-state index in [1.165, 1.54) is 0 Å². The smallest absolute Gasteiger partial charge is 0.164 e. The molecule has 0 aromatic heterocycles. The molecule has 0 bridgehead atoms. The highest BCUT2D eigenvalue weighted by Crippen LogP contribution is 2.74. The summed E-state index contributed by atoms with van der Waals surface area (Å²) in [7, 11) is 0. The summed E-state index contributed by atoms with van der Waals surface area (Å²) in [6.07, 6.45) is 3.72. The number of aliphatic hydroxyl groups excluding tert-OH is 2. The maximum absolute atomic E-state index is 14.2. The van der Waals surface area contributed by atoms with Crippen molar-refractivity contribution in [2.24, 2.45) is 39.4 Å². The Balaban J connectivity index is 1.72. The average Bonchev–Trinajstić information content (AvgIpc) is 3.02. The molecule has 0 aromatic rings. The zero-order chi connectivity index (χ0) is 27.3. The van der Waals surface area contributed by atoms with E-state index in [1.807, 2.05) is 13.8 Å². The van der Waals surface area contributed by atoms with Crippen LogP contribution in [0.15, 0.2) is 11.6 Å². The minimum Gasteiger partial charge on any atom is -0.390 e. The lowest BCUT2D eigenvalue weighted by Crippen LogP contribution is -2.65. The monoisotopic (exact) mass is 504 g/mol. The Morgan fingerprint density at radius 1 is 1.06 bits per heavy atom. The van der Waals surface area contributed by atoms with Crippen molar-refractivity contribution in [2.45, 2.75) is 124 Å². The summed E-state index contributed by atoms with van der Waals surface area (Å²) in [5.41, 5.74) is -3.56. The third kappa shape index (κ3) is 3.65. The Morgan fingerprint density at radius 2 is 1.67 bits per heavy atom. The SMILES string of the molecule is CC(C)(O)CCC(=O)C(C)(O)C1CC[C@@]2(C)[C@@H]3CC=C4[C@H](CC(O)C(O)C4(C)C)[C@@]3(C)C(=O)C[C@]12C. The number of aliphatic hydroxyl groups is 4. The zero-order valence-corrected chi connectivity index (χ0v) is 23.5. The molecule has 0 aliphatic heterocycles. The van der Waals surface area contributed by atoms with Gasteiger partial charge in [-0.15, -0.1) is 0 Å². The molecule has 3 saturated carbocycles. The van der Waals surface area contributed by atoms with E-state index in [4.69, 9.17) is 0 Å². The highest BCUT2D eigenvalue weighted by atomic mass is 16.3. The number of rotatable bonds is 5. The quantitative estimate of drug-likeness (QED) is 0.421. The topological polar surface area (TPSA) is 115 Å². The summed E-state index contributed by atoms with van der Waals surface area (Å²) in [6.45, 7) is 15.3. The number of Topliss-reactive ketones (excluding diaryl/α,β-unsaturated/α-hetero) is 2. The normalized spacial score (nSPS) is 45.7. The number of ketones is 2. The minimum atomic E-state index is -1.57. The first-order valence-corrected chi connectivity index (χ1v) is 13.8. The van der Waals surface area contributed by atoms with Crippen molar-refractivity contribution in [2.75, 3.05) is 0 Å². The van der Waals surface area contributed by atoms with Crippen molar-refractivity contribution in [3.8, 4) is 0 Å². The summed E-state index contributed by atoms with van der Waals surface area (Å²) in [5.74, 6) is -0.577. The van der Waals surface area contributed by atoms with Crippen LogP contribution in [0.25, 0.3) is 0 Å². The van der Waals surface area contributed by atoms with E-state index in [0.717, 1.165) is 12.0 Å². The van der Waals surface area contributed by atoms with Gasteiger partial charge in [0.1, 0.15) is 11.4 Å². The summed E-state index contributed by atoms with van der Waals surface area (Å²) in [5, 5.41) is 43.3. The van der Waals surface area contributed by atoms with E-state index in [-0.39, 0.29) is 47.6 Å². The van der Waals surface area contributed by atoms with Crippen LogP contribution < -0.4 is 0 Å². The third-order valence-corrected chi connectivity index (χ3v) is 11.9. The van der Waals surface area contributed by atoms with Gasteiger partial charge in [0.2, 0.25) is 0 Å². The van der Waals surface area contributed by atoms with Crippen LogP contribution in [0.2, 0.25) is 0 Å². The molecule has 6 heteroatoms.